The van der Waals surface area contributed by atoms with Crippen molar-refractivity contribution in [2.45, 2.75) is 13.2 Å². The summed E-state index contributed by atoms with van der Waals surface area (Å²) in [5, 5.41) is 0. The summed E-state index contributed by atoms with van der Waals surface area (Å²) in [5.41, 5.74) is 6.29. The van der Waals surface area contributed by atoms with Crippen LogP contribution in [0.3, 0.4) is 0 Å². The van der Waals surface area contributed by atoms with Crippen molar-refractivity contribution in [3.63, 3.8) is 0 Å². The molecule has 0 aliphatic heterocycles. The van der Waals surface area contributed by atoms with Crippen LogP contribution in [0, 0.1) is 5.82 Å². The van der Waals surface area contributed by atoms with Crippen molar-refractivity contribution in [2.75, 3.05) is 0 Å². The number of benzene rings is 1. The van der Waals surface area contributed by atoms with Gasteiger partial charge in [0.05, 0.1) is 0 Å². The van der Waals surface area contributed by atoms with Gasteiger partial charge in [0.15, 0.2) is 0 Å². The van der Waals surface area contributed by atoms with Crippen molar-refractivity contribution in [1.82, 2.24) is 0 Å². The quantitative estimate of drug-likeness (QED) is 0.695. The highest BCUT2D eigenvalue weighted by atomic mass is 19.1. The molecule has 0 saturated heterocycles. The van der Waals surface area contributed by atoms with Crippen molar-refractivity contribution >= 4 is 0 Å². The van der Waals surface area contributed by atoms with Crippen LogP contribution in [0.5, 0.6) is 0 Å². The monoisotopic (exact) mass is 157 g/mol. The molecule has 0 spiro atoms. The maximum atomic E-state index is 12.5. The highest BCUT2D eigenvalue weighted by Gasteiger charge is 2.00. The van der Waals surface area contributed by atoms with Crippen LogP contribution in [-0.4, -0.2) is 0 Å². The third-order valence-corrected chi connectivity index (χ3v) is 1.53. The Morgan fingerprint density at radius 2 is 2.00 bits per heavy atom. The minimum absolute atomic E-state index is 0.250. The van der Waals surface area contributed by atoms with Gasteiger partial charge in [-0.1, -0.05) is 6.07 Å². The van der Waals surface area contributed by atoms with Gasteiger partial charge in [0.1, 0.15) is 12.5 Å². The molecule has 1 nitrogen and oxygen atoms in total. The Hall–Kier alpha value is -0.960. The summed E-state index contributed by atoms with van der Waals surface area (Å²) in [5.74, 6) is -0.421. The standard InChI is InChI=1S/C8H9F2N/c9-4-7-3-8(10)2-1-6(7)5-11/h1-3H,4-5,11H2. The Labute approximate surface area is 63.8 Å². The van der Waals surface area contributed by atoms with Gasteiger partial charge in [-0.2, -0.15) is 0 Å². The second-order valence-electron chi connectivity index (χ2n) is 2.25. The largest absolute Gasteiger partial charge is 0.326 e. The van der Waals surface area contributed by atoms with Crippen molar-refractivity contribution in [3.8, 4) is 0 Å². The van der Waals surface area contributed by atoms with Crippen molar-refractivity contribution in [2.24, 2.45) is 5.73 Å². The molecule has 1 rings (SSSR count). The molecule has 0 fully saturated rings. The van der Waals surface area contributed by atoms with Crippen LogP contribution >= 0.6 is 0 Å². The fraction of sp³-hybridized carbons (Fsp3) is 0.250. The minimum Gasteiger partial charge on any atom is -0.326 e. The van der Waals surface area contributed by atoms with Gasteiger partial charge in [0, 0.05) is 6.54 Å². The topological polar surface area (TPSA) is 26.0 Å². The van der Waals surface area contributed by atoms with Crippen molar-refractivity contribution in [3.05, 3.63) is 35.1 Å². The average molecular weight is 157 g/mol. The number of hydrogen-bond donors (Lipinski definition) is 1. The minimum atomic E-state index is -0.662. The highest BCUT2D eigenvalue weighted by molar-refractivity contribution is 5.26. The molecule has 0 heterocycles. The van der Waals surface area contributed by atoms with Gasteiger partial charge < -0.3 is 5.73 Å². The van der Waals surface area contributed by atoms with Crippen LogP contribution in [0.15, 0.2) is 18.2 Å². The van der Waals surface area contributed by atoms with Crippen LogP contribution in [-0.2, 0) is 13.2 Å². The van der Waals surface area contributed by atoms with E-state index >= 15 is 0 Å². The maximum Gasteiger partial charge on any atom is 0.123 e. The Balaban J connectivity index is 3.06. The summed E-state index contributed by atoms with van der Waals surface area (Å²) in [7, 11) is 0. The molecule has 0 radical (unpaired) electrons. The normalized spacial score (nSPS) is 10.1. The molecule has 0 aliphatic rings. The predicted octanol–water partition coefficient (Wildman–Crippen LogP) is 1.75. The van der Waals surface area contributed by atoms with Gasteiger partial charge in [-0.15, -0.1) is 0 Å². The second kappa shape index (κ2) is 3.44. The summed E-state index contributed by atoms with van der Waals surface area (Å²) in [6.45, 7) is -0.413. The smallest absolute Gasteiger partial charge is 0.123 e. The first-order valence-corrected chi connectivity index (χ1v) is 3.31. The zero-order chi connectivity index (χ0) is 8.27. The van der Waals surface area contributed by atoms with Gasteiger partial charge in [0.25, 0.3) is 0 Å². The lowest BCUT2D eigenvalue weighted by Gasteiger charge is -2.02. The molecule has 60 valence electrons. The second-order valence-corrected chi connectivity index (χ2v) is 2.25. The molecule has 1 aromatic rings. The van der Waals surface area contributed by atoms with Crippen molar-refractivity contribution < 1.29 is 8.78 Å². The summed E-state index contributed by atoms with van der Waals surface area (Å²) in [4.78, 5) is 0. The van der Waals surface area contributed by atoms with Crippen LogP contribution in [0.2, 0.25) is 0 Å². The molecule has 0 aliphatic carbocycles. The van der Waals surface area contributed by atoms with Crippen LogP contribution < -0.4 is 5.73 Å². The lowest BCUT2D eigenvalue weighted by molar-refractivity contribution is 0.479. The van der Waals surface area contributed by atoms with Gasteiger partial charge in [-0.3, -0.25) is 0 Å². The molecule has 1 aromatic carbocycles. The van der Waals surface area contributed by atoms with Gasteiger partial charge in [0.2, 0.25) is 0 Å². The zero-order valence-corrected chi connectivity index (χ0v) is 5.98. The third kappa shape index (κ3) is 1.74. The lowest BCUT2D eigenvalue weighted by atomic mass is 10.1. The Bertz CT molecular complexity index is 248. The molecule has 0 unspecified atom stereocenters. The fourth-order valence-electron chi connectivity index (χ4n) is 0.918. The number of halogens is 2. The number of alkyl halides is 1. The number of rotatable bonds is 2. The van der Waals surface area contributed by atoms with E-state index in [0.717, 1.165) is 0 Å². The summed E-state index contributed by atoms with van der Waals surface area (Å²) >= 11 is 0. The summed E-state index contributed by atoms with van der Waals surface area (Å²) < 4.78 is 24.6. The first-order valence-electron chi connectivity index (χ1n) is 3.31. The van der Waals surface area contributed by atoms with Gasteiger partial charge >= 0.3 is 0 Å². The van der Waals surface area contributed by atoms with E-state index in [4.69, 9.17) is 5.73 Å². The van der Waals surface area contributed by atoms with Crippen LogP contribution in [0.4, 0.5) is 8.78 Å². The first kappa shape index (κ1) is 8.14. The average Bonchev–Trinajstić information content (AvgIpc) is 2.04. The Morgan fingerprint density at radius 1 is 1.27 bits per heavy atom. The summed E-state index contributed by atoms with van der Waals surface area (Å²) in [6.07, 6.45) is 0. The fourth-order valence-corrected chi connectivity index (χ4v) is 0.918. The Kier molecular flexibility index (Phi) is 2.54. The van der Waals surface area contributed by atoms with Crippen molar-refractivity contribution in [1.29, 1.82) is 0 Å². The zero-order valence-electron chi connectivity index (χ0n) is 5.98. The highest BCUT2D eigenvalue weighted by Crippen LogP contribution is 2.11. The van der Waals surface area contributed by atoms with E-state index < -0.39 is 12.5 Å². The van der Waals surface area contributed by atoms with Gasteiger partial charge in [-0.25, -0.2) is 8.78 Å². The molecule has 11 heavy (non-hydrogen) atoms. The van der Waals surface area contributed by atoms with E-state index in [1.807, 2.05) is 0 Å². The van der Waals surface area contributed by atoms with E-state index in [1.165, 1.54) is 18.2 Å². The number of nitrogens with two attached hydrogens (primary N) is 1. The van der Waals surface area contributed by atoms with Gasteiger partial charge in [-0.05, 0) is 23.3 Å². The molecular weight excluding hydrogens is 148 g/mol. The molecular formula is C8H9F2N. The van der Waals surface area contributed by atoms with E-state index in [1.54, 1.807) is 0 Å². The summed E-state index contributed by atoms with van der Waals surface area (Å²) in [6, 6.07) is 3.95. The molecule has 0 aromatic heterocycles. The van der Waals surface area contributed by atoms with E-state index in [2.05, 4.69) is 0 Å². The molecule has 3 heteroatoms. The van der Waals surface area contributed by atoms with E-state index in [0.29, 0.717) is 11.1 Å². The third-order valence-electron chi connectivity index (χ3n) is 1.53. The SMILES string of the molecule is NCc1ccc(F)cc1CF. The molecule has 0 bridgehead atoms. The van der Waals surface area contributed by atoms with Crippen LogP contribution in [0.25, 0.3) is 0 Å². The maximum absolute atomic E-state index is 12.5. The van der Waals surface area contributed by atoms with E-state index in [9.17, 15) is 8.78 Å². The van der Waals surface area contributed by atoms with Crippen LogP contribution in [0.1, 0.15) is 11.1 Å². The molecule has 0 amide bonds. The molecule has 2 N–H and O–H groups in total. The predicted molar refractivity (Wildman–Crippen MR) is 39.1 cm³/mol. The Morgan fingerprint density at radius 3 is 2.55 bits per heavy atom. The first-order chi connectivity index (χ1) is 5.27. The number of hydrogen-bond acceptors (Lipinski definition) is 1. The molecule has 0 saturated carbocycles. The van der Waals surface area contributed by atoms with E-state index in [-0.39, 0.29) is 6.54 Å². The molecule has 0 atom stereocenters. The lowest BCUT2D eigenvalue weighted by Crippen LogP contribution is -2.00.